The van der Waals surface area contributed by atoms with Crippen LogP contribution in [0.4, 0.5) is 0 Å². The van der Waals surface area contributed by atoms with Crippen LogP contribution in [0.25, 0.3) is 6.08 Å². The normalized spacial score (nSPS) is 10.0. The van der Waals surface area contributed by atoms with E-state index in [0.717, 1.165) is 5.56 Å². The van der Waals surface area contributed by atoms with Crippen molar-refractivity contribution in [2.24, 2.45) is 0 Å². The Morgan fingerprint density at radius 1 is 1.33 bits per heavy atom. The van der Waals surface area contributed by atoms with Crippen molar-refractivity contribution in [2.45, 2.75) is 0 Å². The second kappa shape index (κ2) is 6.37. The third-order valence-electron chi connectivity index (χ3n) is 1.79. The van der Waals surface area contributed by atoms with E-state index in [1.807, 2.05) is 0 Å². The van der Waals surface area contributed by atoms with E-state index in [1.54, 1.807) is 30.3 Å². The number of aliphatic hydroxyl groups excluding tert-OH is 1. The summed E-state index contributed by atoms with van der Waals surface area (Å²) >= 11 is 0. The highest BCUT2D eigenvalue weighted by molar-refractivity contribution is 6.59. The molecule has 0 aliphatic carbocycles. The fourth-order valence-electron chi connectivity index (χ4n) is 1.00. The third-order valence-corrected chi connectivity index (χ3v) is 1.79. The molecule has 0 aromatic heterocycles. The lowest BCUT2D eigenvalue weighted by Gasteiger charge is -2.06. The number of benzene rings is 1. The molecule has 0 unspecified atom stereocenters. The van der Waals surface area contributed by atoms with E-state index >= 15 is 0 Å². The molecule has 1 aromatic rings. The van der Waals surface area contributed by atoms with Gasteiger partial charge in [-0.2, -0.15) is 0 Å². The van der Waals surface area contributed by atoms with E-state index in [-0.39, 0.29) is 13.2 Å². The van der Waals surface area contributed by atoms with Crippen molar-refractivity contribution in [3.63, 3.8) is 0 Å². The maximum absolute atomic E-state index is 9.46. The summed E-state index contributed by atoms with van der Waals surface area (Å²) in [5, 5.41) is 17.9. The molecule has 80 valence electrons. The Balaban J connectivity index is 2.50. The van der Waals surface area contributed by atoms with Gasteiger partial charge >= 0.3 is 7.12 Å². The molecule has 0 bridgehead atoms. The van der Waals surface area contributed by atoms with E-state index in [2.05, 4.69) is 16.3 Å². The average Bonchev–Trinajstić information content (AvgIpc) is 2.29. The molecule has 0 amide bonds. The summed E-state index contributed by atoms with van der Waals surface area (Å²) in [4.78, 5) is 9.15. The first-order valence-corrected chi connectivity index (χ1v) is 4.57. The standard InChI is InChI=1S/C10H13BO4/c1-2-9-3-5-10(6-4-9)11(13)15-14-8-7-12/h2-6,12-13H,1,7-8H2. The molecule has 0 aliphatic rings. The Morgan fingerprint density at radius 3 is 2.53 bits per heavy atom. The quantitative estimate of drug-likeness (QED) is 0.298. The maximum atomic E-state index is 9.46. The van der Waals surface area contributed by atoms with Gasteiger partial charge in [-0.25, -0.2) is 4.89 Å². The van der Waals surface area contributed by atoms with Crippen LogP contribution in [0.2, 0.25) is 0 Å². The highest BCUT2D eigenvalue weighted by atomic mass is 17.2. The second-order valence-electron chi connectivity index (χ2n) is 2.86. The van der Waals surface area contributed by atoms with Crippen molar-refractivity contribution < 1.29 is 19.8 Å². The predicted molar refractivity (Wildman–Crippen MR) is 58.3 cm³/mol. The van der Waals surface area contributed by atoms with E-state index in [4.69, 9.17) is 5.11 Å². The molecule has 15 heavy (non-hydrogen) atoms. The van der Waals surface area contributed by atoms with E-state index in [1.165, 1.54) is 0 Å². The summed E-state index contributed by atoms with van der Waals surface area (Å²) in [7, 11) is -1.14. The Hall–Kier alpha value is -1.14. The van der Waals surface area contributed by atoms with Crippen molar-refractivity contribution in [3.8, 4) is 0 Å². The minimum Gasteiger partial charge on any atom is -0.422 e. The first-order valence-electron chi connectivity index (χ1n) is 4.57. The SMILES string of the molecule is C=Cc1ccc(B(O)OOCCO)cc1. The first-order chi connectivity index (χ1) is 7.27. The van der Waals surface area contributed by atoms with Gasteiger partial charge in [0.05, 0.1) is 6.61 Å². The number of hydrogen-bond acceptors (Lipinski definition) is 4. The monoisotopic (exact) mass is 208 g/mol. The Bertz CT molecular complexity index is 299. The van der Waals surface area contributed by atoms with E-state index in [0.29, 0.717) is 5.46 Å². The van der Waals surface area contributed by atoms with Crippen LogP contribution in [0, 0.1) is 0 Å². The van der Waals surface area contributed by atoms with Gasteiger partial charge in [0.2, 0.25) is 0 Å². The van der Waals surface area contributed by atoms with Crippen molar-refractivity contribution in [2.75, 3.05) is 13.2 Å². The smallest absolute Gasteiger partial charge is 0.422 e. The van der Waals surface area contributed by atoms with E-state index < -0.39 is 7.12 Å². The van der Waals surface area contributed by atoms with Crippen LogP contribution in [0.1, 0.15) is 5.56 Å². The van der Waals surface area contributed by atoms with Gasteiger partial charge in [0.1, 0.15) is 6.61 Å². The van der Waals surface area contributed by atoms with Gasteiger partial charge in [0, 0.05) is 0 Å². The van der Waals surface area contributed by atoms with Crippen LogP contribution >= 0.6 is 0 Å². The molecular weight excluding hydrogens is 195 g/mol. The van der Waals surface area contributed by atoms with Gasteiger partial charge in [-0.3, -0.25) is 4.81 Å². The zero-order valence-corrected chi connectivity index (χ0v) is 8.30. The average molecular weight is 208 g/mol. The third kappa shape index (κ3) is 3.85. The summed E-state index contributed by atoms with van der Waals surface area (Å²) in [5.74, 6) is 0. The minimum atomic E-state index is -1.14. The van der Waals surface area contributed by atoms with Crippen LogP contribution < -0.4 is 5.46 Å². The zero-order chi connectivity index (χ0) is 11.1. The fourth-order valence-corrected chi connectivity index (χ4v) is 1.00. The van der Waals surface area contributed by atoms with Crippen LogP contribution in [0.5, 0.6) is 0 Å². The van der Waals surface area contributed by atoms with Crippen LogP contribution in [0.15, 0.2) is 30.8 Å². The predicted octanol–water partition coefficient (Wildman–Crippen LogP) is -0.0424. The van der Waals surface area contributed by atoms with Gasteiger partial charge in [-0.05, 0) is 11.0 Å². The molecule has 1 rings (SSSR count). The highest BCUT2D eigenvalue weighted by Gasteiger charge is 2.17. The van der Waals surface area contributed by atoms with Crippen LogP contribution in [-0.2, 0) is 9.69 Å². The largest absolute Gasteiger partial charge is 0.523 e. The lowest BCUT2D eigenvalue weighted by molar-refractivity contribution is -0.225. The van der Waals surface area contributed by atoms with Crippen molar-refractivity contribution in [1.29, 1.82) is 0 Å². The van der Waals surface area contributed by atoms with Crippen LogP contribution in [-0.4, -0.2) is 30.5 Å². The number of hydrogen-bond donors (Lipinski definition) is 2. The number of rotatable bonds is 6. The molecule has 2 N–H and O–H groups in total. The van der Waals surface area contributed by atoms with Gasteiger partial charge in [-0.1, -0.05) is 36.9 Å². The molecule has 0 saturated carbocycles. The summed E-state index contributed by atoms with van der Waals surface area (Å²) in [5.41, 5.74) is 1.54. The van der Waals surface area contributed by atoms with Crippen molar-refractivity contribution in [3.05, 3.63) is 36.4 Å². The maximum Gasteiger partial charge on any atom is 0.523 e. The Labute approximate surface area is 88.8 Å². The summed E-state index contributed by atoms with van der Waals surface area (Å²) in [6.07, 6.45) is 1.71. The molecular formula is C10H13BO4. The zero-order valence-electron chi connectivity index (χ0n) is 8.30. The summed E-state index contributed by atoms with van der Waals surface area (Å²) in [6.45, 7) is 3.50. The molecule has 0 fully saturated rings. The Morgan fingerprint density at radius 2 is 2.00 bits per heavy atom. The molecule has 1 aromatic carbocycles. The highest BCUT2D eigenvalue weighted by Crippen LogP contribution is 1.98. The second-order valence-corrected chi connectivity index (χ2v) is 2.86. The van der Waals surface area contributed by atoms with Crippen LogP contribution in [0.3, 0.4) is 0 Å². The topological polar surface area (TPSA) is 58.9 Å². The summed E-state index contributed by atoms with van der Waals surface area (Å²) in [6, 6.07) is 7.04. The first kappa shape index (κ1) is 11.9. The molecule has 5 heteroatoms. The lowest BCUT2D eigenvalue weighted by atomic mass is 9.80. The molecule has 4 nitrogen and oxygen atoms in total. The Kier molecular flexibility index (Phi) is 5.07. The molecule has 0 atom stereocenters. The minimum absolute atomic E-state index is 0.0296. The van der Waals surface area contributed by atoms with Crippen molar-refractivity contribution >= 4 is 18.7 Å². The van der Waals surface area contributed by atoms with Gasteiger partial charge in [0.15, 0.2) is 0 Å². The molecule has 0 aliphatic heterocycles. The lowest BCUT2D eigenvalue weighted by Crippen LogP contribution is -2.33. The number of aliphatic hydroxyl groups is 1. The van der Waals surface area contributed by atoms with Gasteiger partial charge in [-0.15, -0.1) is 0 Å². The molecule has 0 heterocycles. The molecule has 0 radical (unpaired) electrons. The van der Waals surface area contributed by atoms with Gasteiger partial charge in [0.25, 0.3) is 0 Å². The summed E-state index contributed by atoms with van der Waals surface area (Å²) < 4.78 is 0. The molecule has 0 spiro atoms. The van der Waals surface area contributed by atoms with Gasteiger partial charge < -0.3 is 10.1 Å². The molecule has 0 saturated heterocycles. The van der Waals surface area contributed by atoms with E-state index in [9.17, 15) is 5.02 Å². The van der Waals surface area contributed by atoms with Crippen molar-refractivity contribution in [1.82, 2.24) is 0 Å². The fraction of sp³-hybridized carbons (Fsp3) is 0.200.